The zero-order valence-corrected chi connectivity index (χ0v) is 23.2. The zero-order chi connectivity index (χ0) is 29.4. The van der Waals surface area contributed by atoms with Crippen LogP contribution in [0.25, 0.3) is 27.8 Å². The summed E-state index contributed by atoms with van der Waals surface area (Å²) >= 11 is 0. The lowest BCUT2D eigenvalue weighted by molar-refractivity contribution is -0.139. The third-order valence-electron chi connectivity index (χ3n) is 7.97. The van der Waals surface area contributed by atoms with Crippen molar-refractivity contribution >= 4 is 34.1 Å². The third kappa shape index (κ3) is 5.27. The highest BCUT2D eigenvalue weighted by Crippen LogP contribution is 2.29. The molecule has 0 bridgehead atoms. The van der Waals surface area contributed by atoms with Crippen molar-refractivity contribution in [2.45, 2.75) is 51.4 Å². The molecule has 4 aromatic heterocycles. The van der Waals surface area contributed by atoms with E-state index in [0.29, 0.717) is 16.6 Å². The number of hydrogen-bond donors (Lipinski definition) is 1. The fraction of sp³-hybridized carbons (Fsp3) is 0.281. The van der Waals surface area contributed by atoms with Crippen LogP contribution in [0.3, 0.4) is 0 Å². The Hall–Kier alpha value is -4.86. The average Bonchev–Trinajstić information content (AvgIpc) is 3.49. The fourth-order valence-electron chi connectivity index (χ4n) is 5.87. The highest BCUT2D eigenvalue weighted by atomic mass is 19.1. The second kappa shape index (κ2) is 11.2. The van der Waals surface area contributed by atoms with Crippen LogP contribution in [0.2, 0.25) is 0 Å². The summed E-state index contributed by atoms with van der Waals surface area (Å²) in [5, 5.41) is 0.608. The number of alkyl halides is 1. The van der Waals surface area contributed by atoms with Crippen LogP contribution in [0.5, 0.6) is 0 Å². The largest absolute Gasteiger partial charge is 0.366 e. The lowest BCUT2D eigenvalue weighted by Crippen LogP contribution is -2.46. The minimum absolute atomic E-state index is 0.0669. The summed E-state index contributed by atoms with van der Waals surface area (Å²) in [7, 11) is 0. The summed E-state index contributed by atoms with van der Waals surface area (Å²) in [4.78, 5) is 50.0. The maximum Gasteiger partial charge on any atom is 0.250 e. The predicted molar refractivity (Wildman–Crippen MR) is 157 cm³/mol. The summed E-state index contributed by atoms with van der Waals surface area (Å²) in [5.74, 6) is -1.10. The number of amides is 2. The second-order valence-electron chi connectivity index (χ2n) is 10.8. The number of carbonyl (C=O) groups is 3. The molecule has 9 nitrogen and oxygen atoms in total. The van der Waals surface area contributed by atoms with Crippen LogP contribution >= 0.6 is 0 Å². The van der Waals surface area contributed by atoms with Gasteiger partial charge < -0.3 is 15.2 Å². The topological polar surface area (TPSA) is 116 Å². The van der Waals surface area contributed by atoms with Gasteiger partial charge in [-0.2, -0.15) is 0 Å². The molecule has 6 rings (SSSR count). The van der Waals surface area contributed by atoms with Gasteiger partial charge in [0.05, 0.1) is 29.9 Å². The molecule has 2 atom stereocenters. The van der Waals surface area contributed by atoms with Crippen molar-refractivity contribution in [2.24, 2.45) is 5.73 Å². The van der Waals surface area contributed by atoms with Crippen LogP contribution in [0, 0.1) is 6.92 Å². The SMILES string of the molecule is Cc1cccc(CC(=O)[C@@H]2CCC(F)CCN2C(=O)Cn2cc(C(N)=O)c3cc(-c4cnc5ccccn45)ccc32)n1. The number of likely N-dealkylation sites (tertiary alicyclic amines) is 1. The van der Waals surface area contributed by atoms with Crippen LogP contribution in [0.4, 0.5) is 4.39 Å². The van der Waals surface area contributed by atoms with Crippen LogP contribution in [-0.4, -0.2) is 60.2 Å². The monoisotopic (exact) mass is 566 g/mol. The number of halogens is 1. The molecule has 2 amide bonds. The molecule has 1 fully saturated rings. The standard InChI is InChI=1S/C32H31FN6O3/c1-20-5-4-6-23(36-20)16-29(40)27-11-9-22(33)12-14-39(27)31(41)19-37-18-25(32(34)42)24-15-21(8-10-26(24)37)28-17-35-30-7-2-3-13-38(28)30/h2-8,10,13,15,17-18,22,27H,9,11-12,14,16,19H2,1H3,(H2,34,42)/t22?,27-/m0/s1. The molecule has 0 saturated carbocycles. The summed E-state index contributed by atoms with van der Waals surface area (Å²) in [5.41, 5.74) is 10.6. The van der Waals surface area contributed by atoms with Gasteiger partial charge in [-0.1, -0.05) is 18.2 Å². The van der Waals surface area contributed by atoms with Gasteiger partial charge in [-0.25, -0.2) is 9.37 Å². The molecule has 0 aliphatic carbocycles. The number of hydrogen-bond acceptors (Lipinski definition) is 5. The van der Waals surface area contributed by atoms with E-state index in [2.05, 4.69) is 9.97 Å². The Morgan fingerprint density at radius 2 is 1.90 bits per heavy atom. The molecule has 1 aliphatic heterocycles. The maximum absolute atomic E-state index is 14.5. The van der Waals surface area contributed by atoms with E-state index in [0.717, 1.165) is 22.6 Å². The molecule has 2 N–H and O–H groups in total. The molecular weight excluding hydrogens is 535 g/mol. The number of pyridine rings is 2. The van der Waals surface area contributed by atoms with Gasteiger partial charge in [0.2, 0.25) is 5.91 Å². The number of rotatable bonds is 7. The van der Waals surface area contributed by atoms with Gasteiger partial charge in [-0.3, -0.25) is 23.8 Å². The molecule has 1 aliphatic rings. The van der Waals surface area contributed by atoms with E-state index in [-0.39, 0.29) is 56.0 Å². The van der Waals surface area contributed by atoms with Gasteiger partial charge in [0.15, 0.2) is 5.78 Å². The van der Waals surface area contributed by atoms with Crippen LogP contribution in [0.1, 0.15) is 41.0 Å². The van der Waals surface area contributed by atoms with E-state index in [4.69, 9.17) is 5.73 Å². The van der Waals surface area contributed by atoms with Gasteiger partial charge in [-0.05, 0) is 62.6 Å². The molecule has 5 heterocycles. The number of Topliss-reactive ketones (excluding diaryl/α,β-unsaturated/α-hetero) is 1. The van der Waals surface area contributed by atoms with Gasteiger partial charge in [0.1, 0.15) is 18.4 Å². The zero-order valence-electron chi connectivity index (χ0n) is 23.2. The van der Waals surface area contributed by atoms with Crippen LogP contribution in [0.15, 0.2) is 73.2 Å². The van der Waals surface area contributed by atoms with Crippen molar-refractivity contribution in [3.63, 3.8) is 0 Å². The first-order valence-electron chi connectivity index (χ1n) is 14.0. The Labute approximate surface area is 241 Å². The Bertz CT molecular complexity index is 1830. The number of aromatic nitrogens is 4. The number of nitrogens with zero attached hydrogens (tertiary/aromatic N) is 5. The lowest BCUT2D eigenvalue weighted by atomic mass is 10.0. The molecule has 214 valence electrons. The number of primary amides is 1. The number of carbonyl (C=O) groups excluding carboxylic acids is 3. The van der Waals surface area contributed by atoms with E-state index < -0.39 is 18.1 Å². The number of nitrogens with two attached hydrogens (primary N) is 1. The summed E-state index contributed by atoms with van der Waals surface area (Å²) < 4.78 is 18.1. The summed E-state index contributed by atoms with van der Waals surface area (Å²) in [6, 6.07) is 16.1. The number of imidazole rings is 1. The lowest BCUT2D eigenvalue weighted by Gasteiger charge is -2.29. The van der Waals surface area contributed by atoms with E-state index in [9.17, 15) is 18.8 Å². The predicted octanol–water partition coefficient (Wildman–Crippen LogP) is 4.29. The molecule has 0 radical (unpaired) electrons. The highest BCUT2D eigenvalue weighted by molar-refractivity contribution is 6.07. The first-order valence-corrected chi connectivity index (χ1v) is 14.0. The molecule has 10 heteroatoms. The van der Waals surface area contributed by atoms with Crippen molar-refractivity contribution in [2.75, 3.05) is 6.54 Å². The van der Waals surface area contributed by atoms with E-state index in [1.807, 2.05) is 66.1 Å². The molecule has 5 aromatic rings. The average molecular weight is 567 g/mol. The van der Waals surface area contributed by atoms with Gasteiger partial charge in [0, 0.05) is 46.8 Å². The quantitative estimate of drug-likeness (QED) is 0.316. The summed E-state index contributed by atoms with van der Waals surface area (Å²) in [6.07, 6.45) is 4.87. The summed E-state index contributed by atoms with van der Waals surface area (Å²) in [6.45, 7) is 1.87. The molecule has 42 heavy (non-hydrogen) atoms. The van der Waals surface area contributed by atoms with Gasteiger partial charge in [0.25, 0.3) is 5.91 Å². The van der Waals surface area contributed by atoms with Crippen LogP contribution in [-0.2, 0) is 22.6 Å². The molecule has 1 unspecified atom stereocenters. The normalized spacial score (nSPS) is 17.4. The van der Waals surface area contributed by atoms with E-state index in [1.165, 1.54) is 4.90 Å². The Balaban J connectivity index is 1.31. The van der Waals surface area contributed by atoms with Crippen molar-refractivity contribution in [1.82, 2.24) is 23.8 Å². The van der Waals surface area contributed by atoms with Crippen molar-refractivity contribution in [3.8, 4) is 11.3 Å². The fourth-order valence-corrected chi connectivity index (χ4v) is 5.87. The Kier molecular flexibility index (Phi) is 7.28. The maximum atomic E-state index is 14.5. The molecule has 1 aromatic carbocycles. The van der Waals surface area contributed by atoms with Crippen molar-refractivity contribution in [1.29, 1.82) is 0 Å². The number of benzene rings is 1. The minimum Gasteiger partial charge on any atom is -0.366 e. The Morgan fingerprint density at radius 1 is 1.05 bits per heavy atom. The van der Waals surface area contributed by atoms with Gasteiger partial charge >= 0.3 is 0 Å². The van der Waals surface area contributed by atoms with Crippen molar-refractivity contribution in [3.05, 3.63) is 90.1 Å². The first kappa shape index (κ1) is 27.3. The molecule has 1 saturated heterocycles. The van der Waals surface area contributed by atoms with Gasteiger partial charge in [-0.15, -0.1) is 0 Å². The molecule has 0 spiro atoms. The van der Waals surface area contributed by atoms with E-state index in [1.54, 1.807) is 23.0 Å². The first-order chi connectivity index (χ1) is 20.3. The van der Waals surface area contributed by atoms with Crippen molar-refractivity contribution < 1.29 is 18.8 Å². The number of fused-ring (bicyclic) bond motifs is 2. The third-order valence-corrected chi connectivity index (χ3v) is 7.97. The van der Waals surface area contributed by atoms with Crippen LogP contribution < -0.4 is 5.73 Å². The van der Waals surface area contributed by atoms with E-state index >= 15 is 0 Å². The highest BCUT2D eigenvalue weighted by Gasteiger charge is 2.33. The number of aryl methyl sites for hydroxylation is 1. The number of ketones is 1. The smallest absolute Gasteiger partial charge is 0.250 e. The molecular formula is C32H31FN6O3. The minimum atomic E-state index is -1.08. The Morgan fingerprint density at radius 3 is 2.71 bits per heavy atom. The second-order valence-corrected chi connectivity index (χ2v) is 10.8.